The Bertz CT molecular complexity index is 824. The number of likely N-dealkylation sites (N-methyl/N-ethyl adjacent to an activating group) is 1. The SMILES string of the molecule is CN1CCC(N2C[C@H]3CCC[C@@]3(c3nc(-c4cnccn4)no3)C2)C1=O. The van der Waals surface area contributed by atoms with Crippen molar-refractivity contribution in [1.82, 2.24) is 29.9 Å². The van der Waals surface area contributed by atoms with Crippen LogP contribution in [0.25, 0.3) is 11.5 Å². The number of rotatable bonds is 3. The summed E-state index contributed by atoms with van der Waals surface area (Å²) in [5, 5.41) is 4.15. The van der Waals surface area contributed by atoms with Gasteiger partial charge in [-0.25, -0.2) is 4.98 Å². The van der Waals surface area contributed by atoms with Gasteiger partial charge in [-0.05, 0) is 25.2 Å². The molecule has 2 aromatic heterocycles. The Morgan fingerprint density at radius 1 is 1.31 bits per heavy atom. The van der Waals surface area contributed by atoms with Crippen LogP contribution in [0.2, 0.25) is 0 Å². The molecular formula is C18H22N6O2. The van der Waals surface area contributed by atoms with E-state index in [2.05, 4.69) is 25.0 Å². The monoisotopic (exact) mass is 354 g/mol. The van der Waals surface area contributed by atoms with E-state index in [4.69, 9.17) is 4.52 Å². The van der Waals surface area contributed by atoms with Crippen molar-refractivity contribution in [2.45, 2.75) is 37.1 Å². The van der Waals surface area contributed by atoms with Gasteiger partial charge in [-0.2, -0.15) is 4.98 Å². The molecule has 0 radical (unpaired) electrons. The minimum Gasteiger partial charge on any atom is -0.344 e. The van der Waals surface area contributed by atoms with E-state index in [-0.39, 0.29) is 17.4 Å². The summed E-state index contributed by atoms with van der Waals surface area (Å²) in [6, 6.07) is 0.00450. The molecule has 3 fully saturated rings. The van der Waals surface area contributed by atoms with Crippen molar-refractivity contribution in [3.8, 4) is 11.5 Å². The van der Waals surface area contributed by atoms with Gasteiger partial charge in [0.15, 0.2) is 0 Å². The van der Waals surface area contributed by atoms with Crippen molar-refractivity contribution in [2.24, 2.45) is 5.92 Å². The summed E-state index contributed by atoms with van der Waals surface area (Å²) in [6.07, 6.45) is 9.16. The molecule has 3 atom stereocenters. The third kappa shape index (κ3) is 2.28. The van der Waals surface area contributed by atoms with Crippen LogP contribution < -0.4 is 0 Å². The molecule has 0 aromatic carbocycles. The number of nitrogens with zero attached hydrogens (tertiary/aromatic N) is 6. The number of carbonyl (C=O) groups excluding carboxylic acids is 1. The smallest absolute Gasteiger partial charge is 0.239 e. The van der Waals surface area contributed by atoms with Crippen LogP contribution in [0.4, 0.5) is 0 Å². The van der Waals surface area contributed by atoms with E-state index in [1.807, 2.05) is 11.9 Å². The van der Waals surface area contributed by atoms with Crippen LogP contribution in [-0.2, 0) is 10.2 Å². The maximum absolute atomic E-state index is 12.5. The number of carbonyl (C=O) groups is 1. The number of likely N-dealkylation sites (tertiary alicyclic amines) is 2. The lowest BCUT2D eigenvalue weighted by atomic mass is 9.80. The van der Waals surface area contributed by atoms with Crippen molar-refractivity contribution >= 4 is 5.91 Å². The van der Waals surface area contributed by atoms with Gasteiger partial charge in [0, 0.05) is 39.1 Å². The highest BCUT2D eigenvalue weighted by Crippen LogP contribution is 2.51. The third-order valence-corrected chi connectivity index (χ3v) is 6.38. The summed E-state index contributed by atoms with van der Waals surface area (Å²) in [4.78, 5) is 29.7. The second-order valence-corrected chi connectivity index (χ2v) is 7.75. The summed E-state index contributed by atoms with van der Waals surface area (Å²) in [7, 11) is 1.89. The Hall–Kier alpha value is -2.35. The summed E-state index contributed by atoms with van der Waals surface area (Å²) in [5.41, 5.74) is 0.491. The number of aromatic nitrogens is 4. The molecule has 3 aliphatic rings. The van der Waals surface area contributed by atoms with E-state index in [0.29, 0.717) is 23.3 Å². The van der Waals surface area contributed by atoms with Gasteiger partial charge in [-0.1, -0.05) is 11.6 Å². The molecule has 2 aromatic rings. The lowest BCUT2D eigenvalue weighted by molar-refractivity contribution is -0.130. The Morgan fingerprint density at radius 3 is 3.00 bits per heavy atom. The van der Waals surface area contributed by atoms with E-state index in [9.17, 15) is 4.79 Å². The number of hydrogen-bond acceptors (Lipinski definition) is 7. The fraction of sp³-hybridized carbons (Fsp3) is 0.611. The molecule has 2 aliphatic heterocycles. The van der Waals surface area contributed by atoms with Crippen LogP contribution in [0.5, 0.6) is 0 Å². The molecule has 5 rings (SSSR count). The van der Waals surface area contributed by atoms with Gasteiger partial charge in [0.1, 0.15) is 5.69 Å². The average molecular weight is 354 g/mol. The van der Waals surface area contributed by atoms with Gasteiger partial charge in [-0.3, -0.25) is 14.7 Å². The normalized spacial score (nSPS) is 31.7. The molecule has 0 bridgehead atoms. The minimum atomic E-state index is -0.130. The predicted octanol–water partition coefficient (Wildman–Crippen LogP) is 1.11. The fourth-order valence-electron chi connectivity index (χ4n) is 5.00. The molecule has 26 heavy (non-hydrogen) atoms. The first-order chi connectivity index (χ1) is 12.7. The first-order valence-electron chi connectivity index (χ1n) is 9.27. The second kappa shape index (κ2) is 5.84. The van der Waals surface area contributed by atoms with Crippen LogP contribution in [0, 0.1) is 5.92 Å². The number of hydrogen-bond donors (Lipinski definition) is 0. The maximum Gasteiger partial charge on any atom is 0.239 e. The molecule has 8 nitrogen and oxygen atoms in total. The standard InChI is InChI=1S/C18H22N6O2/c1-23-8-4-14(16(23)25)24-10-12-3-2-5-18(12,11-24)17-21-15(22-26-17)13-9-19-6-7-20-13/h6-7,9,12,14H,2-5,8,10-11H2,1H3/t12-,14?,18-/m1/s1. The molecule has 1 saturated carbocycles. The van der Waals surface area contributed by atoms with Gasteiger partial charge < -0.3 is 9.42 Å². The van der Waals surface area contributed by atoms with Gasteiger partial charge in [0.2, 0.25) is 17.6 Å². The first-order valence-corrected chi connectivity index (χ1v) is 9.27. The quantitative estimate of drug-likeness (QED) is 0.816. The summed E-state index contributed by atoms with van der Waals surface area (Å²) >= 11 is 0. The van der Waals surface area contributed by atoms with Crippen LogP contribution in [0.15, 0.2) is 23.1 Å². The van der Waals surface area contributed by atoms with Gasteiger partial charge in [0.25, 0.3) is 0 Å². The Morgan fingerprint density at radius 2 is 2.23 bits per heavy atom. The van der Waals surface area contributed by atoms with Crippen molar-refractivity contribution in [2.75, 3.05) is 26.7 Å². The van der Waals surface area contributed by atoms with E-state index in [1.54, 1.807) is 18.6 Å². The first kappa shape index (κ1) is 15.9. The second-order valence-electron chi connectivity index (χ2n) is 7.75. The van der Waals surface area contributed by atoms with Crippen LogP contribution in [-0.4, -0.2) is 68.5 Å². The van der Waals surface area contributed by atoms with E-state index in [0.717, 1.165) is 38.9 Å². The van der Waals surface area contributed by atoms with Crippen molar-refractivity contribution in [3.63, 3.8) is 0 Å². The van der Waals surface area contributed by atoms with Gasteiger partial charge in [-0.15, -0.1) is 0 Å². The molecule has 1 unspecified atom stereocenters. The molecule has 0 spiro atoms. The average Bonchev–Trinajstić information content (AvgIpc) is 3.40. The Kier molecular flexibility index (Phi) is 3.56. The third-order valence-electron chi connectivity index (χ3n) is 6.38. The zero-order valence-electron chi connectivity index (χ0n) is 14.8. The topological polar surface area (TPSA) is 88.2 Å². The largest absolute Gasteiger partial charge is 0.344 e. The molecule has 1 amide bonds. The minimum absolute atomic E-state index is 0.00450. The number of amides is 1. The molecule has 4 heterocycles. The molecule has 0 N–H and O–H groups in total. The highest BCUT2D eigenvalue weighted by atomic mass is 16.5. The highest BCUT2D eigenvalue weighted by Gasteiger charge is 2.56. The summed E-state index contributed by atoms with van der Waals surface area (Å²) in [6.45, 7) is 2.60. The van der Waals surface area contributed by atoms with Crippen molar-refractivity contribution in [3.05, 3.63) is 24.5 Å². The van der Waals surface area contributed by atoms with Crippen LogP contribution >= 0.6 is 0 Å². The Balaban J connectivity index is 1.44. The molecule has 8 heteroatoms. The Labute approximate surface area is 151 Å². The van der Waals surface area contributed by atoms with E-state index < -0.39 is 0 Å². The predicted molar refractivity (Wildman–Crippen MR) is 92.0 cm³/mol. The molecule has 2 saturated heterocycles. The zero-order chi connectivity index (χ0) is 17.7. The lowest BCUT2D eigenvalue weighted by Crippen LogP contribution is -2.41. The van der Waals surface area contributed by atoms with Gasteiger partial charge in [0.05, 0.1) is 17.7 Å². The summed E-state index contributed by atoms with van der Waals surface area (Å²) < 4.78 is 5.72. The van der Waals surface area contributed by atoms with Crippen LogP contribution in [0.3, 0.4) is 0 Å². The highest BCUT2D eigenvalue weighted by molar-refractivity contribution is 5.83. The van der Waals surface area contributed by atoms with Crippen molar-refractivity contribution in [1.29, 1.82) is 0 Å². The maximum atomic E-state index is 12.5. The van der Waals surface area contributed by atoms with Gasteiger partial charge >= 0.3 is 0 Å². The molecular weight excluding hydrogens is 332 g/mol. The van der Waals surface area contributed by atoms with Crippen LogP contribution in [0.1, 0.15) is 31.6 Å². The summed E-state index contributed by atoms with van der Waals surface area (Å²) in [5.74, 6) is 1.90. The zero-order valence-corrected chi connectivity index (χ0v) is 14.8. The number of fused-ring (bicyclic) bond motifs is 1. The lowest BCUT2D eigenvalue weighted by Gasteiger charge is -2.26. The molecule has 136 valence electrons. The van der Waals surface area contributed by atoms with E-state index in [1.165, 1.54) is 6.42 Å². The van der Waals surface area contributed by atoms with E-state index >= 15 is 0 Å². The fourth-order valence-corrected chi connectivity index (χ4v) is 5.00. The molecule has 1 aliphatic carbocycles. The van der Waals surface area contributed by atoms with Crippen molar-refractivity contribution < 1.29 is 9.32 Å².